The Hall–Kier alpha value is -1.49. The Labute approximate surface area is 110 Å². The number of nitrogens with zero attached hydrogens (tertiary/aromatic N) is 1. The number of halogens is 2. The Morgan fingerprint density at radius 1 is 1.32 bits per heavy atom. The average molecular weight is 269 g/mol. The van der Waals surface area contributed by atoms with Gasteiger partial charge in [-0.3, -0.25) is 4.79 Å². The lowest BCUT2D eigenvalue weighted by Crippen LogP contribution is -2.42. The number of hydrogen-bond acceptors (Lipinski definition) is 2. The zero-order valence-corrected chi connectivity index (χ0v) is 10.6. The first kappa shape index (κ1) is 13.9. The molecule has 0 aromatic heterocycles. The molecule has 104 valence electrons. The number of aliphatic hydroxyl groups excluding tert-OH is 1. The summed E-state index contributed by atoms with van der Waals surface area (Å²) < 4.78 is 26.5. The van der Waals surface area contributed by atoms with Gasteiger partial charge < -0.3 is 10.0 Å². The predicted molar refractivity (Wildman–Crippen MR) is 66.7 cm³/mol. The molecule has 1 heterocycles. The van der Waals surface area contributed by atoms with Crippen molar-refractivity contribution in [2.75, 3.05) is 13.2 Å². The van der Waals surface area contributed by atoms with E-state index in [0.29, 0.717) is 19.0 Å². The molecule has 5 heteroatoms. The van der Waals surface area contributed by atoms with Crippen molar-refractivity contribution in [1.29, 1.82) is 0 Å². The molecule has 1 unspecified atom stereocenters. The Kier molecular flexibility index (Phi) is 4.47. The monoisotopic (exact) mass is 269 g/mol. The molecule has 1 atom stereocenters. The molecule has 0 bridgehead atoms. The zero-order chi connectivity index (χ0) is 13.8. The van der Waals surface area contributed by atoms with E-state index in [9.17, 15) is 18.7 Å². The van der Waals surface area contributed by atoms with Gasteiger partial charge in [-0.25, -0.2) is 8.78 Å². The number of carbonyl (C=O) groups is 1. The van der Waals surface area contributed by atoms with E-state index in [1.54, 1.807) is 0 Å². The van der Waals surface area contributed by atoms with Crippen LogP contribution < -0.4 is 0 Å². The Morgan fingerprint density at radius 3 is 2.79 bits per heavy atom. The van der Waals surface area contributed by atoms with Crippen molar-refractivity contribution < 1.29 is 18.7 Å². The van der Waals surface area contributed by atoms with Crippen LogP contribution in [0.2, 0.25) is 0 Å². The minimum Gasteiger partial charge on any atom is -0.394 e. The van der Waals surface area contributed by atoms with Gasteiger partial charge in [-0.2, -0.15) is 0 Å². The summed E-state index contributed by atoms with van der Waals surface area (Å²) in [5.74, 6) is -2.03. The topological polar surface area (TPSA) is 40.5 Å². The third-order valence-electron chi connectivity index (χ3n) is 3.51. The van der Waals surface area contributed by atoms with E-state index in [1.165, 1.54) is 4.90 Å². The van der Waals surface area contributed by atoms with Crippen LogP contribution in [0.3, 0.4) is 0 Å². The van der Waals surface area contributed by atoms with Crippen LogP contribution in [0.25, 0.3) is 0 Å². The fourth-order valence-corrected chi connectivity index (χ4v) is 2.45. The first-order valence-electron chi connectivity index (χ1n) is 6.50. The van der Waals surface area contributed by atoms with Gasteiger partial charge in [0.05, 0.1) is 18.2 Å². The predicted octanol–water partition coefficient (Wildman–Crippen LogP) is 2.34. The van der Waals surface area contributed by atoms with Crippen molar-refractivity contribution in [3.05, 3.63) is 35.4 Å². The summed E-state index contributed by atoms with van der Waals surface area (Å²) >= 11 is 0. The van der Waals surface area contributed by atoms with Crippen molar-refractivity contribution in [2.24, 2.45) is 0 Å². The molecule has 0 aliphatic carbocycles. The Morgan fingerprint density at radius 2 is 2.11 bits per heavy atom. The fraction of sp³-hybridized carbons (Fsp3) is 0.500. The van der Waals surface area contributed by atoms with Gasteiger partial charge in [-0.1, -0.05) is 12.8 Å². The van der Waals surface area contributed by atoms with Gasteiger partial charge in [0.2, 0.25) is 0 Å². The third-order valence-corrected chi connectivity index (χ3v) is 3.51. The van der Waals surface area contributed by atoms with Crippen LogP contribution >= 0.6 is 0 Å². The van der Waals surface area contributed by atoms with Gasteiger partial charge in [0.15, 0.2) is 0 Å². The molecule has 1 N–H and O–H groups in total. The maximum atomic E-state index is 13.6. The lowest BCUT2D eigenvalue weighted by Gasteiger charge is -2.28. The molecule has 1 aromatic carbocycles. The number of benzene rings is 1. The van der Waals surface area contributed by atoms with E-state index in [-0.39, 0.29) is 18.2 Å². The molecule has 1 amide bonds. The van der Waals surface area contributed by atoms with Crippen LogP contribution in [0.15, 0.2) is 18.2 Å². The SMILES string of the molecule is O=C(c1ccc(F)cc1F)N1CCCCCC1CO. The largest absolute Gasteiger partial charge is 0.394 e. The van der Waals surface area contributed by atoms with Crippen molar-refractivity contribution >= 4 is 5.91 Å². The van der Waals surface area contributed by atoms with Crippen LogP contribution in [0.5, 0.6) is 0 Å². The van der Waals surface area contributed by atoms with Crippen LogP contribution in [0, 0.1) is 11.6 Å². The molecular weight excluding hydrogens is 252 g/mol. The van der Waals surface area contributed by atoms with E-state index in [4.69, 9.17) is 0 Å². The molecule has 3 nitrogen and oxygen atoms in total. The Balaban J connectivity index is 2.25. The summed E-state index contributed by atoms with van der Waals surface area (Å²) in [5.41, 5.74) is -0.137. The highest BCUT2D eigenvalue weighted by Gasteiger charge is 2.27. The van der Waals surface area contributed by atoms with E-state index in [0.717, 1.165) is 31.4 Å². The summed E-state index contributed by atoms with van der Waals surface area (Å²) in [6, 6.07) is 2.66. The van der Waals surface area contributed by atoms with Gasteiger partial charge in [-0.05, 0) is 25.0 Å². The van der Waals surface area contributed by atoms with Crippen LogP contribution in [0.4, 0.5) is 8.78 Å². The normalized spacial score (nSPS) is 20.2. The minimum atomic E-state index is -0.856. The molecule has 1 aromatic rings. The van der Waals surface area contributed by atoms with Gasteiger partial charge in [0.1, 0.15) is 11.6 Å². The van der Waals surface area contributed by atoms with Crippen LogP contribution in [-0.4, -0.2) is 35.1 Å². The second-order valence-corrected chi connectivity index (χ2v) is 4.81. The number of rotatable bonds is 2. The van der Waals surface area contributed by atoms with Crippen molar-refractivity contribution in [3.63, 3.8) is 0 Å². The second kappa shape index (κ2) is 6.10. The lowest BCUT2D eigenvalue weighted by atomic mass is 10.1. The van der Waals surface area contributed by atoms with Crippen molar-refractivity contribution in [2.45, 2.75) is 31.7 Å². The number of amides is 1. The van der Waals surface area contributed by atoms with Gasteiger partial charge >= 0.3 is 0 Å². The fourth-order valence-electron chi connectivity index (χ4n) is 2.45. The molecule has 0 radical (unpaired) electrons. The van der Waals surface area contributed by atoms with Gasteiger partial charge in [-0.15, -0.1) is 0 Å². The first-order valence-corrected chi connectivity index (χ1v) is 6.50. The molecule has 1 aliphatic heterocycles. The molecule has 1 fully saturated rings. The standard InChI is InChI=1S/C14H17F2NO2/c15-10-5-6-12(13(16)8-10)14(19)17-7-3-1-2-4-11(17)9-18/h5-6,8,11,18H,1-4,7,9H2. The quantitative estimate of drug-likeness (QED) is 0.895. The van der Waals surface area contributed by atoms with Crippen molar-refractivity contribution in [1.82, 2.24) is 4.90 Å². The summed E-state index contributed by atoms with van der Waals surface area (Å²) in [4.78, 5) is 13.8. The zero-order valence-electron chi connectivity index (χ0n) is 10.6. The van der Waals surface area contributed by atoms with E-state index in [2.05, 4.69) is 0 Å². The maximum Gasteiger partial charge on any atom is 0.257 e. The molecule has 19 heavy (non-hydrogen) atoms. The summed E-state index contributed by atoms with van der Waals surface area (Å²) in [6.45, 7) is 0.370. The highest BCUT2D eigenvalue weighted by atomic mass is 19.1. The maximum absolute atomic E-state index is 13.6. The molecule has 0 spiro atoms. The summed E-state index contributed by atoms with van der Waals surface area (Å²) in [6.07, 6.45) is 3.49. The van der Waals surface area contributed by atoms with Crippen molar-refractivity contribution in [3.8, 4) is 0 Å². The van der Waals surface area contributed by atoms with Crippen LogP contribution in [-0.2, 0) is 0 Å². The molecule has 0 saturated carbocycles. The Bertz CT molecular complexity index is 465. The lowest BCUT2D eigenvalue weighted by molar-refractivity contribution is 0.0595. The second-order valence-electron chi connectivity index (χ2n) is 4.81. The highest BCUT2D eigenvalue weighted by Crippen LogP contribution is 2.20. The molecule has 1 aliphatic rings. The first-order chi connectivity index (χ1) is 9.13. The van der Waals surface area contributed by atoms with Crippen LogP contribution in [0.1, 0.15) is 36.0 Å². The highest BCUT2D eigenvalue weighted by molar-refractivity contribution is 5.94. The number of hydrogen-bond donors (Lipinski definition) is 1. The number of likely N-dealkylation sites (tertiary alicyclic amines) is 1. The molecule has 1 saturated heterocycles. The van der Waals surface area contributed by atoms with E-state index < -0.39 is 17.5 Å². The molecular formula is C14H17F2NO2. The smallest absolute Gasteiger partial charge is 0.257 e. The summed E-state index contributed by atoms with van der Waals surface area (Å²) in [5, 5.41) is 9.35. The summed E-state index contributed by atoms with van der Waals surface area (Å²) in [7, 11) is 0. The van der Waals surface area contributed by atoms with Gasteiger partial charge in [0, 0.05) is 12.6 Å². The van der Waals surface area contributed by atoms with E-state index >= 15 is 0 Å². The number of aliphatic hydroxyl groups is 1. The molecule has 2 rings (SSSR count). The number of carbonyl (C=O) groups excluding carboxylic acids is 1. The van der Waals surface area contributed by atoms with E-state index in [1.807, 2.05) is 0 Å². The van der Waals surface area contributed by atoms with Gasteiger partial charge in [0.25, 0.3) is 5.91 Å². The minimum absolute atomic E-state index is 0.130. The third kappa shape index (κ3) is 3.10. The average Bonchev–Trinajstić information content (AvgIpc) is 2.63.